The summed E-state index contributed by atoms with van der Waals surface area (Å²) in [6, 6.07) is 23.2. The van der Waals surface area contributed by atoms with Gasteiger partial charge in [-0.25, -0.2) is 9.59 Å². The molecule has 10 heteroatoms. The first-order valence-corrected chi connectivity index (χ1v) is 13.0. The fourth-order valence-electron chi connectivity index (χ4n) is 5.71. The maximum Gasteiger partial charge on any atom is 0.407 e. The Morgan fingerprint density at radius 2 is 1.69 bits per heavy atom. The van der Waals surface area contributed by atoms with Gasteiger partial charge in [0.1, 0.15) is 0 Å². The Labute approximate surface area is 225 Å². The molecule has 0 saturated carbocycles. The lowest BCUT2D eigenvalue weighted by Crippen LogP contribution is -2.55. The summed E-state index contributed by atoms with van der Waals surface area (Å²) in [6.45, 7) is 3.39. The molecular formula is C29H31N5O5. The van der Waals surface area contributed by atoms with Crippen molar-refractivity contribution >= 4 is 22.8 Å². The summed E-state index contributed by atoms with van der Waals surface area (Å²) in [7, 11) is 0. The number of hydrogen-bond donors (Lipinski definition) is 2. The smallest absolute Gasteiger partial charge is 0.407 e. The molecule has 2 N–H and O–H groups in total. The monoisotopic (exact) mass is 529 g/mol. The van der Waals surface area contributed by atoms with Crippen molar-refractivity contribution in [3.63, 3.8) is 0 Å². The zero-order chi connectivity index (χ0) is 27.5. The number of rotatable bonds is 8. The second-order valence-corrected chi connectivity index (χ2v) is 10.1. The fraction of sp³-hybridized carbons (Fsp3) is 0.310. The van der Waals surface area contributed by atoms with Gasteiger partial charge in [0.05, 0.1) is 22.0 Å². The van der Waals surface area contributed by atoms with Gasteiger partial charge in [-0.1, -0.05) is 54.6 Å². The minimum atomic E-state index is -0.980. The van der Waals surface area contributed by atoms with Gasteiger partial charge in [-0.05, 0) is 43.0 Å². The zero-order valence-electron chi connectivity index (χ0n) is 21.6. The maximum atomic E-state index is 12.9. The lowest BCUT2D eigenvalue weighted by atomic mass is 9.91. The highest BCUT2D eigenvalue weighted by Crippen LogP contribution is 2.32. The molecule has 10 nitrogen and oxygen atoms in total. The van der Waals surface area contributed by atoms with Crippen LogP contribution in [0, 0.1) is 10.1 Å². The molecule has 0 spiro atoms. The number of carbonyl (C=O) groups is 1. The number of likely N-dealkylation sites (tertiary alicyclic amines) is 1. The van der Waals surface area contributed by atoms with E-state index in [0.717, 1.165) is 22.2 Å². The SMILES string of the molecule is CC(C1CC(n2c(=O)[nH]c3ccccc32)CCN1C(=O)O)N(Cc1ccccc1)Cc1ccc([N+](=O)[O-])cc1. The molecule has 39 heavy (non-hydrogen) atoms. The van der Waals surface area contributed by atoms with Gasteiger partial charge >= 0.3 is 11.8 Å². The number of piperidine rings is 1. The van der Waals surface area contributed by atoms with E-state index in [-0.39, 0.29) is 29.5 Å². The second-order valence-electron chi connectivity index (χ2n) is 10.1. The third kappa shape index (κ3) is 5.56. The highest BCUT2D eigenvalue weighted by atomic mass is 16.6. The zero-order valence-corrected chi connectivity index (χ0v) is 21.6. The number of nitrogens with one attached hydrogen (secondary N) is 1. The summed E-state index contributed by atoms with van der Waals surface area (Å²) >= 11 is 0. The largest absolute Gasteiger partial charge is 0.465 e. The number of hydrogen-bond acceptors (Lipinski definition) is 5. The molecule has 3 unspecified atom stereocenters. The molecule has 1 aliphatic rings. The van der Waals surface area contributed by atoms with Crippen molar-refractivity contribution in [2.45, 2.75) is 51.0 Å². The number of benzene rings is 3. The minimum Gasteiger partial charge on any atom is -0.465 e. The van der Waals surface area contributed by atoms with E-state index >= 15 is 0 Å². The molecule has 1 fully saturated rings. The van der Waals surface area contributed by atoms with E-state index in [1.54, 1.807) is 16.7 Å². The van der Waals surface area contributed by atoms with Crippen molar-refractivity contribution in [3.8, 4) is 0 Å². The van der Waals surface area contributed by atoms with Crippen molar-refractivity contribution in [1.82, 2.24) is 19.4 Å². The number of H-pyrrole nitrogens is 1. The van der Waals surface area contributed by atoms with Gasteiger partial charge in [0.15, 0.2) is 0 Å². The molecule has 1 aromatic heterocycles. The molecule has 2 heterocycles. The quantitative estimate of drug-likeness (QED) is 0.244. The lowest BCUT2D eigenvalue weighted by molar-refractivity contribution is -0.384. The topological polar surface area (TPSA) is 125 Å². The van der Waals surface area contributed by atoms with Crippen LogP contribution < -0.4 is 5.69 Å². The molecular weight excluding hydrogens is 498 g/mol. The van der Waals surface area contributed by atoms with Crippen LogP contribution in [0.2, 0.25) is 0 Å². The lowest BCUT2D eigenvalue weighted by Gasteiger charge is -2.44. The fourth-order valence-corrected chi connectivity index (χ4v) is 5.71. The Balaban J connectivity index is 1.47. The highest BCUT2D eigenvalue weighted by Gasteiger charge is 2.38. The normalized spacial score (nSPS) is 18.4. The number of non-ortho nitro benzene ring substituents is 1. The second kappa shape index (κ2) is 11.1. The number of para-hydroxylation sites is 2. The molecule has 1 amide bonds. The number of nitro groups is 1. The molecule has 1 aliphatic heterocycles. The van der Waals surface area contributed by atoms with Crippen molar-refractivity contribution < 1.29 is 14.8 Å². The van der Waals surface area contributed by atoms with Gasteiger partial charge in [-0.15, -0.1) is 0 Å². The van der Waals surface area contributed by atoms with Crippen LogP contribution in [0.25, 0.3) is 11.0 Å². The van der Waals surface area contributed by atoms with E-state index in [1.807, 2.05) is 61.5 Å². The van der Waals surface area contributed by atoms with Crippen molar-refractivity contribution in [1.29, 1.82) is 0 Å². The van der Waals surface area contributed by atoms with Crippen LogP contribution in [0.15, 0.2) is 83.7 Å². The molecule has 1 saturated heterocycles. The number of nitrogens with zero attached hydrogens (tertiary/aromatic N) is 4. The van der Waals surface area contributed by atoms with E-state index in [4.69, 9.17) is 0 Å². The van der Waals surface area contributed by atoms with E-state index in [0.29, 0.717) is 32.5 Å². The van der Waals surface area contributed by atoms with Crippen LogP contribution in [0.1, 0.15) is 36.9 Å². The first-order chi connectivity index (χ1) is 18.8. The van der Waals surface area contributed by atoms with Crippen LogP contribution >= 0.6 is 0 Å². The van der Waals surface area contributed by atoms with Gasteiger partial charge in [-0.3, -0.25) is 19.6 Å². The highest BCUT2D eigenvalue weighted by molar-refractivity contribution is 5.75. The Kier molecular flexibility index (Phi) is 7.47. The van der Waals surface area contributed by atoms with Gasteiger partial charge in [-0.2, -0.15) is 0 Å². The third-order valence-electron chi connectivity index (χ3n) is 7.75. The van der Waals surface area contributed by atoms with E-state index < -0.39 is 11.0 Å². The van der Waals surface area contributed by atoms with E-state index in [2.05, 4.69) is 9.88 Å². The number of nitro benzene ring substituents is 1. The van der Waals surface area contributed by atoms with Crippen LogP contribution in [-0.2, 0) is 13.1 Å². The Morgan fingerprint density at radius 3 is 2.36 bits per heavy atom. The molecule has 3 atom stereocenters. The van der Waals surface area contributed by atoms with Crippen LogP contribution in [-0.4, -0.2) is 54.1 Å². The number of fused-ring (bicyclic) bond motifs is 1. The predicted molar refractivity (Wildman–Crippen MR) is 148 cm³/mol. The van der Waals surface area contributed by atoms with Gasteiger partial charge in [0.2, 0.25) is 0 Å². The summed E-state index contributed by atoms with van der Waals surface area (Å²) in [4.78, 5) is 42.6. The van der Waals surface area contributed by atoms with Crippen LogP contribution in [0.3, 0.4) is 0 Å². The molecule has 3 aromatic carbocycles. The number of imidazole rings is 1. The molecule has 4 aromatic rings. The number of aromatic amines is 1. The Hall–Kier alpha value is -4.44. The van der Waals surface area contributed by atoms with Crippen LogP contribution in [0.5, 0.6) is 0 Å². The molecule has 0 bridgehead atoms. The maximum absolute atomic E-state index is 12.9. The molecule has 0 radical (unpaired) electrons. The number of carboxylic acid groups (broad SMARTS) is 1. The van der Waals surface area contributed by atoms with Crippen LogP contribution in [0.4, 0.5) is 10.5 Å². The van der Waals surface area contributed by atoms with E-state index in [1.165, 1.54) is 17.0 Å². The third-order valence-corrected chi connectivity index (χ3v) is 7.75. The molecule has 5 rings (SSSR count). The summed E-state index contributed by atoms with van der Waals surface area (Å²) in [6.07, 6.45) is 0.0468. The molecule has 202 valence electrons. The summed E-state index contributed by atoms with van der Waals surface area (Å²) in [5.74, 6) is 0. The van der Waals surface area contributed by atoms with Gasteiger partial charge < -0.3 is 15.0 Å². The number of aromatic nitrogens is 2. The predicted octanol–water partition coefficient (Wildman–Crippen LogP) is 5.01. The Morgan fingerprint density at radius 1 is 1.05 bits per heavy atom. The summed E-state index contributed by atoms with van der Waals surface area (Å²) in [5, 5.41) is 21.2. The minimum absolute atomic E-state index is 0.0257. The van der Waals surface area contributed by atoms with Gasteiger partial charge in [0.25, 0.3) is 5.69 Å². The first-order valence-electron chi connectivity index (χ1n) is 13.0. The van der Waals surface area contributed by atoms with Gasteiger partial charge in [0, 0.05) is 43.9 Å². The Bertz CT molecular complexity index is 1510. The summed E-state index contributed by atoms with van der Waals surface area (Å²) < 4.78 is 1.77. The van der Waals surface area contributed by atoms with E-state index in [9.17, 15) is 24.8 Å². The van der Waals surface area contributed by atoms with Crippen molar-refractivity contribution in [2.75, 3.05) is 6.54 Å². The average molecular weight is 530 g/mol. The standard InChI is InChI=1S/C29H31N5O5/c1-20(31(18-21-7-3-2-4-8-21)19-22-11-13-23(14-12-22)34(38)39)27-17-24(15-16-32(27)29(36)37)33-26-10-6-5-9-25(26)30-28(33)35/h2-14,20,24,27H,15-19H2,1H3,(H,30,35)(H,36,37). The van der Waals surface area contributed by atoms with Crippen molar-refractivity contribution in [3.05, 3.63) is 111 Å². The summed E-state index contributed by atoms with van der Waals surface area (Å²) in [5.41, 5.74) is 3.38. The number of amides is 1. The molecule has 0 aliphatic carbocycles. The first kappa shape index (κ1) is 26.2. The van der Waals surface area contributed by atoms with Crippen molar-refractivity contribution in [2.24, 2.45) is 0 Å². The average Bonchev–Trinajstić information content (AvgIpc) is 3.28.